The Hall–Kier alpha value is -3.86. The van der Waals surface area contributed by atoms with Gasteiger partial charge >= 0.3 is 0 Å². The van der Waals surface area contributed by atoms with Crippen LogP contribution in [0.3, 0.4) is 0 Å². The molecule has 4 aromatic heterocycles. The fraction of sp³-hybridized carbons (Fsp3) is 0.440. The van der Waals surface area contributed by atoms with Gasteiger partial charge in [-0.2, -0.15) is 0 Å². The van der Waals surface area contributed by atoms with Gasteiger partial charge in [-0.3, -0.25) is 9.69 Å². The van der Waals surface area contributed by atoms with E-state index < -0.39 is 6.04 Å². The van der Waals surface area contributed by atoms with Gasteiger partial charge in [0.25, 0.3) is 5.91 Å². The van der Waals surface area contributed by atoms with E-state index >= 15 is 0 Å². The number of hydrogen-bond donors (Lipinski definition) is 3. The highest BCUT2D eigenvalue weighted by molar-refractivity contribution is 5.94. The highest BCUT2D eigenvalue weighted by Crippen LogP contribution is 2.46. The molecule has 1 atom stereocenters. The molecule has 186 valence electrons. The number of nitrogens with one attached hydrogen (secondary N) is 2. The lowest BCUT2D eigenvalue weighted by Gasteiger charge is -2.18. The second-order valence-electron chi connectivity index (χ2n) is 10.1. The van der Waals surface area contributed by atoms with Gasteiger partial charge < -0.3 is 20.6 Å². The number of nitrogen functional groups attached to an aromatic ring is 1. The molecule has 1 unspecified atom stereocenters. The lowest BCUT2D eigenvalue weighted by atomic mass is 10.1. The van der Waals surface area contributed by atoms with Gasteiger partial charge in [0.1, 0.15) is 29.0 Å². The van der Waals surface area contributed by atoms with Crippen molar-refractivity contribution < 1.29 is 9.32 Å². The van der Waals surface area contributed by atoms with Crippen LogP contribution in [0.5, 0.6) is 0 Å². The number of imidazole rings is 1. The van der Waals surface area contributed by atoms with Gasteiger partial charge in [-0.1, -0.05) is 12.1 Å². The van der Waals surface area contributed by atoms with Crippen molar-refractivity contribution in [1.29, 1.82) is 0 Å². The molecule has 1 amide bonds. The first kappa shape index (κ1) is 22.6. The molecule has 36 heavy (non-hydrogen) atoms. The van der Waals surface area contributed by atoms with E-state index in [0.29, 0.717) is 35.2 Å². The van der Waals surface area contributed by atoms with Gasteiger partial charge in [0.15, 0.2) is 17.2 Å². The Morgan fingerprint density at radius 1 is 1.25 bits per heavy atom. The Bertz CT molecular complexity index is 1430. The summed E-state index contributed by atoms with van der Waals surface area (Å²) in [4.78, 5) is 36.3. The molecule has 1 aliphatic carbocycles. The van der Waals surface area contributed by atoms with E-state index in [1.54, 1.807) is 6.07 Å². The van der Waals surface area contributed by atoms with Crippen LogP contribution in [0, 0.1) is 0 Å². The molecule has 4 aromatic rings. The number of H-pyrrole nitrogens is 1. The van der Waals surface area contributed by atoms with Gasteiger partial charge in [0.05, 0.1) is 6.04 Å². The summed E-state index contributed by atoms with van der Waals surface area (Å²) in [6.45, 7) is 6.56. The van der Waals surface area contributed by atoms with Crippen molar-refractivity contribution >= 4 is 22.9 Å². The standard InChI is InChI=1S/C25H29N9O2/c1-14(29-24(35)20-15(21(26)28-13-27-20)12-34-9-3-4-10-34)18-11-17(33-36-18)23-30-16-5-6-19(25(2)7-8-25)31-22(16)32-23/h5-6,11,13-14H,3-4,7-10,12H2,1-2H3,(H,29,35)(H2,26,27,28)(H,30,31,32). The Morgan fingerprint density at radius 2 is 2.06 bits per heavy atom. The molecule has 11 heteroatoms. The zero-order valence-corrected chi connectivity index (χ0v) is 20.4. The number of anilines is 1. The quantitative estimate of drug-likeness (QED) is 0.357. The molecule has 0 aromatic carbocycles. The van der Waals surface area contributed by atoms with Crippen molar-refractivity contribution in [2.24, 2.45) is 0 Å². The fourth-order valence-corrected chi connectivity index (χ4v) is 4.68. The molecule has 11 nitrogen and oxygen atoms in total. The SMILES string of the molecule is CC(NC(=O)c1ncnc(N)c1CN1CCCC1)c1cc(-c2nc3ccc(C4(C)CC4)nc3[nH]2)no1. The summed E-state index contributed by atoms with van der Waals surface area (Å²) in [5.41, 5.74) is 10.4. The van der Waals surface area contributed by atoms with Crippen molar-refractivity contribution in [2.45, 2.75) is 57.5 Å². The van der Waals surface area contributed by atoms with Gasteiger partial charge in [-0.25, -0.2) is 19.9 Å². The summed E-state index contributed by atoms with van der Waals surface area (Å²) in [6.07, 6.45) is 5.91. The maximum atomic E-state index is 13.1. The summed E-state index contributed by atoms with van der Waals surface area (Å²) in [6, 6.07) is 5.35. The number of nitrogens with two attached hydrogens (primary N) is 1. The molecule has 2 aliphatic rings. The number of nitrogens with zero attached hydrogens (tertiary/aromatic N) is 6. The van der Waals surface area contributed by atoms with Gasteiger partial charge in [0, 0.05) is 29.3 Å². The van der Waals surface area contributed by atoms with Crippen LogP contribution >= 0.6 is 0 Å². The molecule has 0 spiro atoms. The molecule has 4 N–H and O–H groups in total. The fourth-order valence-electron chi connectivity index (χ4n) is 4.68. The third-order valence-electron chi connectivity index (χ3n) is 7.28. The molecular formula is C25H29N9O2. The average Bonchev–Trinajstić information content (AvgIpc) is 3.31. The van der Waals surface area contributed by atoms with Crippen LogP contribution in [0.2, 0.25) is 0 Å². The molecule has 6 rings (SSSR count). The number of likely N-dealkylation sites (tertiary alicyclic amines) is 1. The summed E-state index contributed by atoms with van der Waals surface area (Å²) in [5, 5.41) is 7.11. The molecule has 2 fully saturated rings. The second kappa shape index (κ2) is 8.66. The second-order valence-corrected chi connectivity index (χ2v) is 10.1. The number of aromatic amines is 1. The number of amides is 1. The zero-order chi connectivity index (χ0) is 24.9. The topological polar surface area (TPSA) is 152 Å². The van der Waals surface area contributed by atoms with Crippen molar-refractivity contribution in [1.82, 2.24) is 40.3 Å². The summed E-state index contributed by atoms with van der Waals surface area (Å²) in [7, 11) is 0. The lowest BCUT2D eigenvalue weighted by Crippen LogP contribution is -2.30. The summed E-state index contributed by atoms with van der Waals surface area (Å²) in [5.74, 6) is 1.06. The maximum Gasteiger partial charge on any atom is 0.271 e. The number of hydrogen-bond acceptors (Lipinski definition) is 9. The highest BCUT2D eigenvalue weighted by atomic mass is 16.5. The molecule has 1 aliphatic heterocycles. The number of carbonyl (C=O) groups excluding carboxylic acids is 1. The van der Waals surface area contributed by atoms with Crippen molar-refractivity contribution in [3.05, 3.63) is 47.2 Å². The van der Waals surface area contributed by atoms with Gasteiger partial charge in [0.2, 0.25) is 0 Å². The highest BCUT2D eigenvalue weighted by Gasteiger charge is 2.40. The van der Waals surface area contributed by atoms with Gasteiger partial charge in [-0.15, -0.1) is 0 Å². The maximum absolute atomic E-state index is 13.1. The lowest BCUT2D eigenvalue weighted by molar-refractivity contribution is 0.0926. The minimum atomic E-state index is -0.446. The van der Waals surface area contributed by atoms with Gasteiger partial charge in [-0.05, 0) is 57.8 Å². The average molecular weight is 488 g/mol. The minimum absolute atomic E-state index is 0.177. The van der Waals surface area contributed by atoms with Crippen LogP contribution in [0.25, 0.3) is 22.7 Å². The molecule has 0 radical (unpaired) electrons. The number of aromatic nitrogens is 6. The molecule has 0 bridgehead atoms. The zero-order valence-electron chi connectivity index (χ0n) is 20.4. The summed E-state index contributed by atoms with van der Waals surface area (Å²) >= 11 is 0. The van der Waals surface area contributed by atoms with Crippen LogP contribution in [0.1, 0.15) is 73.1 Å². The Kier molecular flexibility index (Phi) is 5.44. The third-order valence-corrected chi connectivity index (χ3v) is 7.28. The normalized spacial score (nSPS) is 17.9. The molecule has 1 saturated heterocycles. The van der Waals surface area contributed by atoms with E-state index in [1.165, 1.54) is 6.33 Å². The van der Waals surface area contributed by atoms with Crippen LogP contribution in [-0.2, 0) is 12.0 Å². The van der Waals surface area contributed by atoms with E-state index in [9.17, 15) is 4.79 Å². The Labute approximate surface area is 207 Å². The number of fused-ring (bicyclic) bond motifs is 1. The molecule has 5 heterocycles. The predicted molar refractivity (Wildman–Crippen MR) is 133 cm³/mol. The van der Waals surface area contributed by atoms with Crippen LogP contribution in [-0.4, -0.2) is 54.0 Å². The smallest absolute Gasteiger partial charge is 0.271 e. The number of rotatable bonds is 7. The first-order valence-corrected chi connectivity index (χ1v) is 12.4. The summed E-state index contributed by atoms with van der Waals surface area (Å²) < 4.78 is 5.55. The number of carbonyl (C=O) groups is 1. The van der Waals surface area contributed by atoms with Crippen LogP contribution in [0.15, 0.2) is 29.0 Å². The monoisotopic (exact) mass is 487 g/mol. The van der Waals surface area contributed by atoms with E-state index in [0.717, 1.165) is 55.6 Å². The first-order chi connectivity index (χ1) is 17.4. The minimum Gasteiger partial charge on any atom is -0.383 e. The van der Waals surface area contributed by atoms with E-state index in [-0.39, 0.29) is 17.0 Å². The van der Waals surface area contributed by atoms with Crippen molar-refractivity contribution in [2.75, 3.05) is 18.8 Å². The Balaban J connectivity index is 1.19. The number of pyridine rings is 1. The van der Waals surface area contributed by atoms with Crippen LogP contribution < -0.4 is 11.1 Å². The third kappa shape index (κ3) is 4.19. The van der Waals surface area contributed by atoms with Crippen molar-refractivity contribution in [3.8, 4) is 11.5 Å². The van der Waals surface area contributed by atoms with Crippen molar-refractivity contribution in [3.63, 3.8) is 0 Å². The Morgan fingerprint density at radius 3 is 2.83 bits per heavy atom. The molecule has 1 saturated carbocycles. The van der Waals surface area contributed by atoms with E-state index in [1.807, 2.05) is 19.1 Å². The predicted octanol–water partition coefficient (Wildman–Crippen LogP) is 3.12. The largest absolute Gasteiger partial charge is 0.383 e. The molecular weight excluding hydrogens is 458 g/mol. The van der Waals surface area contributed by atoms with Crippen LogP contribution in [0.4, 0.5) is 5.82 Å². The van der Waals surface area contributed by atoms with E-state index in [4.69, 9.17) is 15.2 Å². The van der Waals surface area contributed by atoms with E-state index in [2.05, 4.69) is 42.2 Å². The first-order valence-electron chi connectivity index (χ1n) is 12.4.